The first-order valence-corrected chi connectivity index (χ1v) is 5.32. The smallest absolute Gasteiger partial charge is 0.433 e. The summed E-state index contributed by atoms with van der Waals surface area (Å²) in [6.45, 7) is 3.74. The molecule has 0 aliphatic rings. The van der Waals surface area contributed by atoms with E-state index in [0.29, 0.717) is 5.76 Å². The van der Waals surface area contributed by atoms with Crippen LogP contribution in [0.25, 0.3) is 5.57 Å². The zero-order valence-electron chi connectivity index (χ0n) is 9.79. The molecule has 98 valence electrons. The van der Waals surface area contributed by atoms with Gasteiger partial charge in [-0.15, -0.1) is 0 Å². The van der Waals surface area contributed by atoms with Crippen molar-refractivity contribution in [2.45, 2.75) is 6.54 Å². The Morgan fingerprint density at radius 2 is 2.21 bits per heavy atom. The number of furan rings is 2. The molecule has 0 bridgehead atoms. The van der Waals surface area contributed by atoms with Crippen LogP contribution in [0.3, 0.4) is 0 Å². The summed E-state index contributed by atoms with van der Waals surface area (Å²) in [4.78, 5) is 21.5. The maximum absolute atomic E-state index is 11.7. The van der Waals surface area contributed by atoms with Crippen LogP contribution in [0.1, 0.15) is 11.5 Å². The molecule has 0 atom stereocenters. The van der Waals surface area contributed by atoms with Crippen molar-refractivity contribution < 1.29 is 18.6 Å². The van der Waals surface area contributed by atoms with E-state index in [4.69, 9.17) is 8.83 Å². The van der Waals surface area contributed by atoms with Gasteiger partial charge in [0.05, 0.1) is 24.4 Å². The predicted octanol–water partition coefficient (Wildman–Crippen LogP) is 2.11. The van der Waals surface area contributed by atoms with Crippen LogP contribution >= 0.6 is 0 Å². The van der Waals surface area contributed by atoms with Gasteiger partial charge in [-0.05, 0) is 18.2 Å². The molecular weight excluding hydrogens is 252 g/mol. The molecule has 19 heavy (non-hydrogen) atoms. The zero-order valence-corrected chi connectivity index (χ0v) is 9.79. The van der Waals surface area contributed by atoms with Gasteiger partial charge in [0.1, 0.15) is 16.4 Å². The van der Waals surface area contributed by atoms with Gasteiger partial charge in [0.25, 0.3) is 5.91 Å². The Labute approximate surface area is 107 Å². The van der Waals surface area contributed by atoms with E-state index in [1.165, 1.54) is 18.4 Å². The van der Waals surface area contributed by atoms with Crippen molar-refractivity contribution in [2.24, 2.45) is 0 Å². The number of amides is 1. The summed E-state index contributed by atoms with van der Waals surface area (Å²) in [6, 6.07) is 5.90. The number of nitrogens with one attached hydrogen (secondary N) is 1. The van der Waals surface area contributed by atoms with Crippen molar-refractivity contribution in [3.8, 4) is 0 Å². The molecule has 7 nitrogen and oxygen atoms in total. The van der Waals surface area contributed by atoms with Gasteiger partial charge in [0.15, 0.2) is 0 Å². The zero-order chi connectivity index (χ0) is 13.8. The van der Waals surface area contributed by atoms with Gasteiger partial charge in [-0.3, -0.25) is 14.9 Å². The highest BCUT2D eigenvalue weighted by atomic mass is 16.6. The lowest BCUT2D eigenvalue weighted by atomic mass is 10.2. The van der Waals surface area contributed by atoms with E-state index in [1.807, 2.05) is 0 Å². The quantitative estimate of drug-likeness (QED) is 0.505. The molecule has 2 aromatic heterocycles. The molecule has 2 rings (SSSR count). The fraction of sp³-hybridized carbons (Fsp3) is 0.0833. The molecule has 0 aliphatic heterocycles. The Morgan fingerprint density at radius 1 is 1.42 bits per heavy atom. The maximum Gasteiger partial charge on any atom is 0.433 e. The second-order valence-corrected chi connectivity index (χ2v) is 3.64. The van der Waals surface area contributed by atoms with E-state index in [2.05, 4.69) is 11.9 Å². The lowest BCUT2D eigenvalue weighted by Gasteiger charge is -2.03. The van der Waals surface area contributed by atoms with Crippen LogP contribution in [-0.4, -0.2) is 10.8 Å². The third-order valence-electron chi connectivity index (χ3n) is 2.35. The van der Waals surface area contributed by atoms with Crippen LogP contribution in [0.2, 0.25) is 0 Å². The average Bonchev–Trinajstić information content (AvgIpc) is 3.05. The highest BCUT2D eigenvalue weighted by Crippen LogP contribution is 2.21. The molecule has 0 aromatic carbocycles. The normalized spacial score (nSPS) is 10.1. The first kappa shape index (κ1) is 12.6. The van der Waals surface area contributed by atoms with E-state index in [-0.39, 0.29) is 17.9 Å². The minimum atomic E-state index is -0.683. The molecule has 1 N–H and O–H groups in total. The minimum Gasteiger partial charge on any atom is -0.467 e. The molecule has 1 amide bonds. The summed E-state index contributed by atoms with van der Waals surface area (Å²) in [5.74, 6) is -0.272. The third kappa shape index (κ3) is 2.89. The van der Waals surface area contributed by atoms with Crippen molar-refractivity contribution in [1.82, 2.24) is 5.32 Å². The Morgan fingerprint density at radius 3 is 2.79 bits per heavy atom. The van der Waals surface area contributed by atoms with Crippen LogP contribution < -0.4 is 5.32 Å². The van der Waals surface area contributed by atoms with Gasteiger partial charge < -0.3 is 14.2 Å². The van der Waals surface area contributed by atoms with E-state index in [0.717, 1.165) is 0 Å². The van der Waals surface area contributed by atoms with Crippen LogP contribution in [-0.2, 0) is 11.3 Å². The Bertz CT molecular complexity index is 612. The fourth-order valence-electron chi connectivity index (χ4n) is 1.39. The van der Waals surface area contributed by atoms with Crippen LogP contribution in [0, 0.1) is 10.1 Å². The van der Waals surface area contributed by atoms with Gasteiger partial charge in [-0.1, -0.05) is 6.58 Å². The Balaban J connectivity index is 1.98. The van der Waals surface area contributed by atoms with Crippen LogP contribution in [0.4, 0.5) is 5.88 Å². The topological polar surface area (TPSA) is 98.5 Å². The molecule has 0 unspecified atom stereocenters. The van der Waals surface area contributed by atoms with E-state index >= 15 is 0 Å². The summed E-state index contributed by atoms with van der Waals surface area (Å²) >= 11 is 0. The van der Waals surface area contributed by atoms with Crippen molar-refractivity contribution in [1.29, 1.82) is 0 Å². The minimum absolute atomic E-state index is 0.0136. The lowest BCUT2D eigenvalue weighted by molar-refractivity contribution is -0.402. The van der Waals surface area contributed by atoms with Gasteiger partial charge in [-0.2, -0.15) is 0 Å². The summed E-state index contributed by atoms with van der Waals surface area (Å²) in [7, 11) is 0. The van der Waals surface area contributed by atoms with Gasteiger partial charge in [-0.25, -0.2) is 0 Å². The monoisotopic (exact) mass is 262 g/mol. The molecular formula is C12H10N2O5. The number of carbonyl (C=O) groups is 1. The molecule has 0 saturated carbocycles. The summed E-state index contributed by atoms with van der Waals surface area (Å²) < 4.78 is 9.93. The fourth-order valence-corrected chi connectivity index (χ4v) is 1.39. The molecule has 0 aliphatic carbocycles. The standard InChI is InChI=1S/C12H10N2O5/c1-8(10-4-5-11(19-10)14(16)17)12(15)13-7-9-3-2-6-18-9/h2-6H,1,7H2,(H,13,15). The predicted molar refractivity (Wildman–Crippen MR) is 65.0 cm³/mol. The van der Waals surface area contributed by atoms with Gasteiger partial charge in [0, 0.05) is 0 Å². The molecule has 0 spiro atoms. The second kappa shape index (κ2) is 5.21. The number of hydrogen-bond acceptors (Lipinski definition) is 5. The maximum atomic E-state index is 11.7. The molecule has 0 fully saturated rings. The number of carbonyl (C=O) groups excluding carboxylic acids is 1. The highest BCUT2D eigenvalue weighted by Gasteiger charge is 2.18. The SMILES string of the molecule is C=C(C(=O)NCc1ccco1)c1ccc([N+](=O)[O-])o1. The molecule has 7 heteroatoms. The van der Waals surface area contributed by atoms with Gasteiger partial charge in [0.2, 0.25) is 0 Å². The lowest BCUT2D eigenvalue weighted by Crippen LogP contribution is -2.23. The van der Waals surface area contributed by atoms with E-state index in [1.54, 1.807) is 12.1 Å². The third-order valence-corrected chi connectivity index (χ3v) is 2.35. The number of rotatable bonds is 5. The van der Waals surface area contributed by atoms with E-state index in [9.17, 15) is 14.9 Å². The summed E-state index contributed by atoms with van der Waals surface area (Å²) in [5.41, 5.74) is 0.0136. The highest BCUT2D eigenvalue weighted by molar-refractivity contribution is 6.17. The van der Waals surface area contributed by atoms with E-state index < -0.39 is 16.7 Å². The molecule has 0 radical (unpaired) electrons. The number of hydrogen-bond donors (Lipinski definition) is 1. The average molecular weight is 262 g/mol. The Hall–Kier alpha value is -2.83. The van der Waals surface area contributed by atoms with Gasteiger partial charge >= 0.3 is 5.88 Å². The van der Waals surface area contributed by atoms with Crippen LogP contribution in [0.5, 0.6) is 0 Å². The van der Waals surface area contributed by atoms with Crippen molar-refractivity contribution in [3.05, 3.63) is 58.7 Å². The number of nitrogens with zero attached hydrogens (tertiary/aromatic N) is 1. The molecule has 2 heterocycles. The second-order valence-electron chi connectivity index (χ2n) is 3.64. The summed E-state index contributed by atoms with van der Waals surface area (Å²) in [6.07, 6.45) is 1.49. The molecule has 0 saturated heterocycles. The van der Waals surface area contributed by atoms with Crippen molar-refractivity contribution in [3.63, 3.8) is 0 Å². The first-order valence-electron chi connectivity index (χ1n) is 5.32. The van der Waals surface area contributed by atoms with Crippen molar-refractivity contribution in [2.75, 3.05) is 0 Å². The largest absolute Gasteiger partial charge is 0.467 e. The summed E-state index contributed by atoms with van der Waals surface area (Å²) in [5, 5.41) is 13.0. The first-order chi connectivity index (χ1) is 9.08. The number of nitro groups is 1. The van der Waals surface area contributed by atoms with Crippen LogP contribution in [0.15, 0.2) is 45.9 Å². The molecule has 2 aromatic rings. The van der Waals surface area contributed by atoms with Crippen molar-refractivity contribution >= 4 is 17.4 Å². The Kier molecular flexibility index (Phi) is 3.46.